The third-order valence-electron chi connectivity index (χ3n) is 4.57. The van der Waals surface area contributed by atoms with Crippen LogP contribution in [0, 0.1) is 6.57 Å². The molecule has 0 bridgehead atoms. The molecule has 0 unspecified atom stereocenters. The predicted molar refractivity (Wildman–Crippen MR) is 79.4 cm³/mol. The Hall–Kier alpha value is -2.09. The molecule has 0 spiro atoms. The van der Waals surface area contributed by atoms with Gasteiger partial charge in [0.2, 0.25) is 5.82 Å². The average Bonchev–Trinajstić information content (AvgIpc) is 3.40. The molecule has 2 aliphatic rings. The van der Waals surface area contributed by atoms with Gasteiger partial charge in [-0.05, 0) is 51.7 Å². The second kappa shape index (κ2) is 4.20. The highest BCUT2D eigenvalue weighted by molar-refractivity contribution is 5.40. The predicted octanol–water partition coefficient (Wildman–Crippen LogP) is 3.63. The largest absolute Gasteiger partial charge is 0.364 e. The van der Waals surface area contributed by atoms with Gasteiger partial charge in [0.15, 0.2) is 5.82 Å². The van der Waals surface area contributed by atoms with Gasteiger partial charge < -0.3 is 9.41 Å². The average molecular weight is 281 g/mol. The number of aromatic nitrogens is 4. The van der Waals surface area contributed by atoms with Crippen LogP contribution in [0.15, 0.2) is 18.3 Å². The van der Waals surface area contributed by atoms with Gasteiger partial charge in [-0.1, -0.05) is 6.57 Å². The third kappa shape index (κ3) is 1.90. The summed E-state index contributed by atoms with van der Waals surface area (Å²) in [5.41, 5.74) is -0.355. The van der Waals surface area contributed by atoms with Crippen molar-refractivity contribution in [2.24, 2.45) is 0 Å². The summed E-state index contributed by atoms with van der Waals surface area (Å²) in [6, 6.07) is 4.35. The van der Waals surface area contributed by atoms with Crippen molar-refractivity contribution in [1.29, 1.82) is 0 Å². The smallest absolute Gasteiger partial charge is 0.230 e. The van der Waals surface area contributed by atoms with E-state index in [0.29, 0.717) is 17.8 Å². The van der Waals surface area contributed by atoms with Crippen LogP contribution in [0.5, 0.6) is 0 Å². The Labute approximate surface area is 124 Å². The molecular formula is C16H19N5. The lowest BCUT2D eigenvalue weighted by Crippen LogP contribution is -2.31. The van der Waals surface area contributed by atoms with Crippen molar-refractivity contribution in [2.45, 2.75) is 57.0 Å². The van der Waals surface area contributed by atoms with E-state index < -0.39 is 0 Å². The first-order chi connectivity index (χ1) is 10.1. The van der Waals surface area contributed by atoms with Crippen molar-refractivity contribution in [2.75, 3.05) is 0 Å². The summed E-state index contributed by atoms with van der Waals surface area (Å²) in [6.07, 6.45) is 6.89. The summed E-state index contributed by atoms with van der Waals surface area (Å²) in [6.45, 7) is 11.6. The van der Waals surface area contributed by atoms with Gasteiger partial charge in [0, 0.05) is 12.0 Å². The molecule has 0 atom stereocenters. The van der Waals surface area contributed by atoms with E-state index in [-0.39, 0.29) is 5.54 Å². The Balaban J connectivity index is 1.84. The van der Waals surface area contributed by atoms with Crippen molar-refractivity contribution >= 4 is 5.82 Å². The maximum atomic E-state index is 7.34. The van der Waals surface area contributed by atoms with Crippen LogP contribution in [0.2, 0.25) is 0 Å². The van der Waals surface area contributed by atoms with Crippen LogP contribution in [-0.4, -0.2) is 19.3 Å². The minimum Gasteiger partial charge on any atom is -0.364 e. The van der Waals surface area contributed by atoms with Crippen LogP contribution < -0.4 is 0 Å². The van der Waals surface area contributed by atoms with E-state index in [4.69, 9.17) is 6.57 Å². The zero-order chi connectivity index (χ0) is 14.6. The van der Waals surface area contributed by atoms with E-state index in [0.717, 1.165) is 11.6 Å². The zero-order valence-corrected chi connectivity index (χ0v) is 12.5. The number of nitrogens with zero attached hydrogens (tertiary/aromatic N) is 5. The molecule has 2 heterocycles. The maximum Gasteiger partial charge on any atom is 0.230 e. The summed E-state index contributed by atoms with van der Waals surface area (Å²) < 4.78 is 4.38. The highest BCUT2D eigenvalue weighted by atomic mass is 15.3. The Morgan fingerprint density at radius 3 is 2.62 bits per heavy atom. The first-order valence-corrected chi connectivity index (χ1v) is 7.63. The first-order valence-electron chi connectivity index (χ1n) is 7.63. The lowest BCUT2D eigenvalue weighted by Gasteiger charge is -2.25. The third-order valence-corrected chi connectivity index (χ3v) is 4.57. The van der Waals surface area contributed by atoms with E-state index in [2.05, 4.69) is 33.5 Å². The molecule has 5 nitrogen and oxygen atoms in total. The van der Waals surface area contributed by atoms with Gasteiger partial charge in [0.1, 0.15) is 11.4 Å². The van der Waals surface area contributed by atoms with Crippen LogP contribution in [-0.2, 0) is 5.54 Å². The fourth-order valence-electron chi connectivity index (χ4n) is 3.08. The molecular weight excluding hydrogens is 262 g/mol. The summed E-state index contributed by atoms with van der Waals surface area (Å²) >= 11 is 0. The Morgan fingerprint density at radius 1 is 1.24 bits per heavy atom. The molecule has 0 N–H and O–H groups in total. The first kappa shape index (κ1) is 12.6. The van der Waals surface area contributed by atoms with Gasteiger partial charge in [-0.2, -0.15) is 0 Å². The van der Waals surface area contributed by atoms with E-state index in [9.17, 15) is 0 Å². The molecule has 0 aromatic carbocycles. The standard InChI is InChI=1S/C16H19N5/c1-16(2,20-10-4-5-13(20)17-3)15-19-18-14(11-6-7-11)21(15)12-8-9-12/h4-5,10-12H,6-9H2,1-2H3. The van der Waals surface area contributed by atoms with E-state index in [1.165, 1.54) is 25.7 Å². The molecule has 0 radical (unpaired) electrons. The SMILES string of the molecule is [C-]#[N+]c1cccn1C(C)(C)c1nnc(C2CC2)n1C1CC1. The van der Waals surface area contributed by atoms with Crippen LogP contribution in [0.3, 0.4) is 0 Å². The molecule has 21 heavy (non-hydrogen) atoms. The number of hydrogen-bond donors (Lipinski definition) is 0. The molecule has 2 aliphatic carbocycles. The molecule has 108 valence electrons. The summed E-state index contributed by atoms with van der Waals surface area (Å²) in [4.78, 5) is 3.62. The van der Waals surface area contributed by atoms with Gasteiger partial charge in [0.25, 0.3) is 0 Å². The molecule has 2 aromatic rings. The quantitative estimate of drug-likeness (QED) is 0.803. The van der Waals surface area contributed by atoms with E-state index >= 15 is 0 Å². The Morgan fingerprint density at radius 2 is 2.00 bits per heavy atom. The van der Waals surface area contributed by atoms with Gasteiger partial charge in [-0.25, -0.2) is 0 Å². The summed E-state index contributed by atoms with van der Waals surface area (Å²) in [5, 5.41) is 9.02. The summed E-state index contributed by atoms with van der Waals surface area (Å²) in [7, 11) is 0. The second-order valence-electron chi connectivity index (χ2n) is 6.66. The van der Waals surface area contributed by atoms with Gasteiger partial charge >= 0.3 is 0 Å². The molecule has 4 rings (SSSR count). The lowest BCUT2D eigenvalue weighted by atomic mass is 10.0. The zero-order valence-electron chi connectivity index (χ0n) is 12.5. The van der Waals surface area contributed by atoms with E-state index in [1.54, 1.807) is 0 Å². The number of hydrogen-bond acceptors (Lipinski definition) is 2. The van der Waals surface area contributed by atoms with Crippen LogP contribution in [0.1, 0.15) is 63.1 Å². The highest BCUT2D eigenvalue weighted by Crippen LogP contribution is 2.46. The second-order valence-corrected chi connectivity index (χ2v) is 6.66. The fourth-order valence-corrected chi connectivity index (χ4v) is 3.08. The monoisotopic (exact) mass is 281 g/mol. The van der Waals surface area contributed by atoms with Crippen LogP contribution >= 0.6 is 0 Å². The van der Waals surface area contributed by atoms with Crippen molar-refractivity contribution in [1.82, 2.24) is 19.3 Å². The molecule has 5 heteroatoms. The van der Waals surface area contributed by atoms with Crippen molar-refractivity contribution in [3.63, 3.8) is 0 Å². The van der Waals surface area contributed by atoms with E-state index in [1.807, 2.05) is 22.9 Å². The maximum absolute atomic E-state index is 7.34. The minimum atomic E-state index is -0.355. The van der Waals surface area contributed by atoms with Crippen LogP contribution in [0.25, 0.3) is 4.85 Å². The Bertz CT molecular complexity index is 722. The van der Waals surface area contributed by atoms with Gasteiger partial charge in [0.05, 0.1) is 6.20 Å². The minimum absolute atomic E-state index is 0.355. The molecule has 0 saturated heterocycles. The molecule has 2 fully saturated rings. The van der Waals surface area contributed by atoms with Gasteiger partial charge in [-0.3, -0.25) is 4.57 Å². The molecule has 2 saturated carbocycles. The Kier molecular flexibility index (Phi) is 2.53. The van der Waals surface area contributed by atoms with Gasteiger partial charge in [-0.15, -0.1) is 10.2 Å². The number of rotatable bonds is 4. The highest BCUT2D eigenvalue weighted by Gasteiger charge is 2.42. The molecule has 0 amide bonds. The topological polar surface area (TPSA) is 40.0 Å². The molecule has 2 aromatic heterocycles. The van der Waals surface area contributed by atoms with Crippen molar-refractivity contribution < 1.29 is 0 Å². The summed E-state index contributed by atoms with van der Waals surface area (Å²) in [5.74, 6) is 3.41. The molecule has 0 aliphatic heterocycles. The lowest BCUT2D eigenvalue weighted by molar-refractivity contribution is 0.393. The van der Waals surface area contributed by atoms with Crippen molar-refractivity contribution in [3.05, 3.63) is 41.4 Å². The van der Waals surface area contributed by atoms with Crippen molar-refractivity contribution in [3.8, 4) is 0 Å². The normalized spacial score (nSPS) is 18.7. The fraction of sp³-hybridized carbons (Fsp3) is 0.562. The van der Waals surface area contributed by atoms with Crippen LogP contribution in [0.4, 0.5) is 5.82 Å².